The van der Waals surface area contributed by atoms with Gasteiger partial charge in [-0.05, 0) is 53.9 Å². The van der Waals surface area contributed by atoms with Crippen LogP contribution in [0, 0.1) is 0 Å². The average molecular weight is 391 g/mol. The van der Waals surface area contributed by atoms with E-state index < -0.39 is 0 Å². The van der Waals surface area contributed by atoms with Gasteiger partial charge in [0.2, 0.25) is 0 Å². The molecule has 0 unspecified atom stereocenters. The van der Waals surface area contributed by atoms with Crippen LogP contribution in [0.2, 0.25) is 0 Å². The highest BCUT2D eigenvalue weighted by Gasteiger charge is 2.08. The van der Waals surface area contributed by atoms with Crippen molar-refractivity contribution < 1.29 is 14.3 Å². The highest BCUT2D eigenvalue weighted by atomic mass is 16.5. The molecule has 0 aliphatic carbocycles. The van der Waals surface area contributed by atoms with E-state index in [9.17, 15) is 4.79 Å². The number of hydrogen-bond donors (Lipinski definition) is 2. The standard InChI is InChI=1S/C23H25N3O3/c1-28-20-7-3-17(4-8-20)11-13-24-19-12-14-25-22(15-19)23(27)26-16-18-5-9-21(29-2)10-6-18/h3-10,12,14-15H,11,13,16H2,1-2H3,(H,24,25)(H,26,27). The maximum absolute atomic E-state index is 12.4. The van der Waals surface area contributed by atoms with Gasteiger partial charge in [-0.1, -0.05) is 24.3 Å². The molecule has 1 heterocycles. The Labute approximate surface area is 170 Å². The first-order chi connectivity index (χ1) is 14.2. The summed E-state index contributed by atoms with van der Waals surface area (Å²) in [5, 5.41) is 6.23. The van der Waals surface area contributed by atoms with Crippen molar-refractivity contribution in [1.29, 1.82) is 0 Å². The normalized spacial score (nSPS) is 10.3. The first-order valence-electron chi connectivity index (χ1n) is 9.42. The lowest BCUT2D eigenvalue weighted by atomic mass is 10.1. The van der Waals surface area contributed by atoms with Crippen LogP contribution < -0.4 is 20.1 Å². The summed E-state index contributed by atoms with van der Waals surface area (Å²) in [6.07, 6.45) is 2.50. The minimum absolute atomic E-state index is 0.209. The van der Waals surface area contributed by atoms with E-state index in [0.29, 0.717) is 12.2 Å². The van der Waals surface area contributed by atoms with Crippen LogP contribution in [-0.4, -0.2) is 31.7 Å². The van der Waals surface area contributed by atoms with E-state index in [0.717, 1.165) is 35.7 Å². The topological polar surface area (TPSA) is 72.5 Å². The first-order valence-corrected chi connectivity index (χ1v) is 9.42. The van der Waals surface area contributed by atoms with E-state index in [-0.39, 0.29) is 5.91 Å². The van der Waals surface area contributed by atoms with Gasteiger partial charge in [0.15, 0.2) is 0 Å². The van der Waals surface area contributed by atoms with Crippen molar-refractivity contribution in [2.75, 3.05) is 26.1 Å². The molecule has 2 aromatic carbocycles. The number of anilines is 1. The molecule has 0 bridgehead atoms. The van der Waals surface area contributed by atoms with Crippen molar-refractivity contribution in [3.05, 3.63) is 83.7 Å². The van der Waals surface area contributed by atoms with E-state index in [4.69, 9.17) is 9.47 Å². The molecule has 0 fully saturated rings. The van der Waals surface area contributed by atoms with Gasteiger partial charge >= 0.3 is 0 Å². The first kappa shape index (κ1) is 20.2. The maximum atomic E-state index is 12.4. The molecule has 29 heavy (non-hydrogen) atoms. The molecule has 0 saturated carbocycles. The average Bonchev–Trinajstić information content (AvgIpc) is 2.78. The molecule has 0 aliphatic rings. The molecule has 0 radical (unpaired) electrons. The minimum atomic E-state index is -0.209. The number of carbonyl (C=O) groups is 1. The summed E-state index contributed by atoms with van der Waals surface area (Å²) in [4.78, 5) is 16.6. The van der Waals surface area contributed by atoms with Crippen LogP contribution in [0.15, 0.2) is 66.9 Å². The summed E-state index contributed by atoms with van der Waals surface area (Å²) < 4.78 is 10.3. The Morgan fingerprint density at radius 3 is 2.14 bits per heavy atom. The fourth-order valence-corrected chi connectivity index (χ4v) is 2.82. The fraction of sp³-hybridized carbons (Fsp3) is 0.217. The van der Waals surface area contributed by atoms with Gasteiger partial charge in [-0.25, -0.2) is 0 Å². The number of pyridine rings is 1. The second-order valence-electron chi connectivity index (χ2n) is 6.49. The summed E-state index contributed by atoms with van der Waals surface area (Å²) in [6, 6.07) is 19.2. The maximum Gasteiger partial charge on any atom is 0.270 e. The number of rotatable bonds is 9. The zero-order chi connectivity index (χ0) is 20.5. The number of aromatic nitrogens is 1. The van der Waals surface area contributed by atoms with Gasteiger partial charge in [-0.2, -0.15) is 0 Å². The van der Waals surface area contributed by atoms with Crippen LogP contribution in [0.25, 0.3) is 0 Å². The molecule has 6 heteroatoms. The second kappa shape index (κ2) is 10.1. The molecule has 2 N–H and O–H groups in total. The molecule has 0 atom stereocenters. The number of ether oxygens (including phenoxy) is 2. The Kier molecular flexibility index (Phi) is 7.05. The summed E-state index contributed by atoms with van der Waals surface area (Å²) >= 11 is 0. The van der Waals surface area contributed by atoms with Crippen LogP contribution in [0.1, 0.15) is 21.6 Å². The summed E-state index contributed by atoms with van der Waals surface area (Å²) in [5.41, 5.74) is 3.45. The van der Waals surface area contributed by atoms with Gasteiger partial charge < -0.3 is 20.1 Å². The van der Waals surface area contributed by atoms with Crippen molar-refractivity contribution in [3.63, 3.8) is 0 Å². The van der Waals surface area contributed by atoms with Gasteiger partial charge in [0, 0.05) is 25.0 Å². The van der Waals surface area contributed by atoms with E-state index in [1.54, 1.807) is 26.5 Å². The Hall–Kier alpha value is -3.54. The van der Waals surface area contributed by atoms with Crippen LogP contribution in [-0.2, 0) is 13.0 Å². The molecular formula is C23H25N3O3. The lowest BCUT2D eigenvalue weighted by Gasteiger charge is -2.09. The largest absolute Gasteiger partial charge is 0.497 e. The van der Waals surface area contributed by atoms with Crippen LogP contribution in [0.3, 0.4) is 0 Å². The third-order valence-corrected chi connectivity index (χ3v) is 4.51. The number of hydrogen-bond acceptors (Lipinski definition) is 5. The van der Waals surface area contributed by atoms with Crippen molar-refractivity contribution in [3.8, 4) is 11.5 Å². The fourth-order valence-electron chi connectivity index (χ4n) is 2.82. The number of carbonyl (C=O) groups excluding carboxylic acids is 1. The third kappa shape index (κ3) is 5.97. The summed E-state index contributed by atoms with van der Waals surface area (Å²) in [6.45, 7) is 1.18. The van der Waals surface area contributed by atoms with E-state index >= 15 is 0 Å². The van der Waals surface area contributed by atoms with Crippen molar-refractivity contribution >= 4 is 11.6 Å². The molecule has 3 aromatic rings. The molecular weight excluding hydrogens is 366 g/mol. The Morgan fingerprint density at radius 2 is 1.52 bits per heavy atom. The van der Waals surface area contributed by atoms with Crippen molar-refractivity contribution in [2.45, 2.75) is 13.0 Å². The van der Waals surface area contributed by atoms with Crippen molar-refractivity contribution in [2.24, 2.45) is 0 Å². The molecule has 3 rings (SSSR count). The van der Waals surface area contributed by atoms with Gasteiger partial charge in [0.05, 0.1) is 14.2 Å². The number of amides is 1. The summed E-state index contributed by atoms with van der Waals surface area (Å²) in [7, 11) is 3.28. The number of methoxy groups -OCH3 is 2. The smallest absolute Gasteiger partial charge is 0.270 e. The Balaban J connectivity index is 1.50. The number of nitrogens with one attached hydrogen (secondary N) is 2. The number of nitrogens with zero attached hydrogens (tertiary/aromatic N) is 1. The lowest BCUT2D eigenvalue weighted by Crippen LogP contribution is -2.23. The molecule has 150 valence electrons. The van der Waals surface area contributed by atoms with E-state index in [1.807, 2.05) is 54.6 Å². The lowest BCUT2D eigenvalue weighted by molar-refractivity contribution is 0.0946. The van der Waals surface area contributed by atoms with Gasteiger partial charge in [0.1, 0.15) is 17.2 Å². The molecule has 1 amide bonds. The monoisotopic (exact) mass is 391 g/mol. The highest BCUT2D eigenvalue weighted by molar-refractivity contribution is 5.93. The zero-order valence-corrected chi connectivity index (χ0v) is 16.6. The Morgan fingerprint density at radius 1 is 0.897 bits per heavy atom. The predicted molar refractivity (Wildman–Crippen MR) is 114 cm³/mol. The van der Waals surface area contributed by atoms with Crippen LogP contribution in [0.5, 0.6) is 11.5 Å². The second-order valence-corrected chi connectivity index (χ2v) is 6.49. The SMILES string of the molecule is COc1ccc(CCNc2ccnc(C(=O)NCc3ccc(OC)cc3)c2)cc1. The van der Waals surface area contributed by atoms with Crippen LogP contribution >= 0.6 is 0 Å². The third-order valence-electron chi connectivity index (χ3n) is 4.51. The molecule has 0 saturated heterocycles. The number of benzene rings is 2. The zero-order valence-electron chi connectivity index (χ0n) is 16.6. The Bertz CT molecular complexity index is 925. The van der Waals surface area contributed by atoms with Crippen LogP contribution in [0.4, 0.5) is 5.69 Å². The van der Waals surface area contributed by atoms with E-state index in [1.165, 1.54) is 5.56 Å². The van der Waals surface area contributed by atoms with Gasteiger partial charge in [0.25, 0.3) is 5.91 Å². The minimum Gasteiger partial charge on any atom is -0.497 e. The van der Waals surface area contributed by atoms with Gasteiger partial charge in [-0.15, -0.1) is 0 Å². The van der Waals surface area contributed by atoms with Gasteiger partial charge in [-0.3, -0.25) is 9.78 Å². The van der Waals surface area contributed by atoms with E-state index in [2.05, 4.69) is 15.6 Å². The molecule has 0 spiro atoms. The molecule has 0 aliphatic heterocycles. The predicted octanol–water partition coefficient (Wildman–Crippen LogP) is 3.68. The summed E-state index contributed by atoms with van der Waals surface area (Å²) in [5.74, 6) is 1.43. The van der Waals surface area contributed by atoms with Crippen molar-refractivity contribution in [1.82, 2.24) is 10.3 Å². The quantitative estimate of drug-likeness (QED) is 0.582. The molecule has 1 aromatic heterocycles. The molecule has 6 nitrogen and oxygen atoms in total. The highest BCUT2D eigenvalue weighted by Crippen LogP contribution is 2.14.